The number of nitrogen functional groups attached to an aromatic ring is 1. The number of pyridine rings is 2. The van der Waals surface area contributed by atoms with Crippen molar-refractivity contribution < 1.29 is 0 Å². The molecule has 5 aromatic rings. The normalized spacial score (nSPS) is 19.6. The van der Waals surface area contributed by atoms with Gasteiger partial charge in [-0.15, -0.1) is 0 Å². The molecule has 186 valence electrons. The Labute approximate surface area is 215 Å². The first-order valence-electron chi connectivity index (χ1n) is 13.1. The van der Waals surface area contributed by atoms with Crippen molar-refractivity contribution in [2.24, 2.45) is 5.92 Å². The summed E-state index contributed by atoms with van der Waals surface area (Å²) in [4.78, 5) is 21.1. The van der Waals surface area contributed by atoms with Gasteiger partial charge >= 0.3 is 0 Å². The van der Waals surface area contributed by atoms with Gasteiger partial charge < -0.3 is 20.5 Å². The molecule has 0 bridgehead atoms. The third-order valence-corrected chi connectivity index (χ3v) is 8.03. The molecule has 37 heavy (non-hydrogen) atoms. The minimum absolute atomic E-state index is 0.446. The first-order valence-corrected chi connectivity index (χ1v) is 13.1. The van der Waals surface area contributed by atoms with Crippen LogP contribution in [0.2, 0.25) is 0 Å². The van der Waals surface area contributed by atoms with Crippen molar-refractivity contribution in [3.05, 3.63) is 61.2 Å². The topological polar surface area (TPSA) is 97.8 Å². The standard InChI is InChI=1S/C29H30N8/c1-31-24-14-26(23-5-2-3-8-32-23)35-25-13-19(6-7-21(24)25)22-16-37(29-27(22)28(30)33-17-34-29)20-11-18(12-20)15-36-9-4-10-36/h2-3,5-8,13-14,16-18,20H,4,9-12,15H2,1H3,(H,31,35)(H2,30,33,34). The Balaban J connectivity index is 1.30. The molecule has 2 fully saturated rings. The highest BCUT2D eigenvalue weighted by Gasteiger charge is 2.34. The van der Waals surface area contributed by atoms with E-state index in [0.717, 1.165) is 56.1 Å². The lowest BCUT2D eigenvalue weighted by Crippen LogP contribution is -2.43. The first-order chi connectivity index (χ1) is 18.2. The lowest BCUT2D eigenvalue weighted by molar-refractivity contribution is 0.0921. The SMILES string of the molecule is CNc1cc(-c2ccccn2)nc2cc(-c3cn(C4CC(CN5CCC5)C4)c4ncnc(N)c34)ccc12. The number of fused-ring (bicyclic) bond motifs is 2. The van der Waals surface area contributed by atoms with Crippen LogP contribution in [-0.4, -0.2) is 56.1 Å². The van der Waals surface area contributed by atoms with Crippen LogP contribution in [0.15, 0.2) is 61.2 Å². The maximum atomic E-state index is 6.44. The molecule has 1 saturated carbocycles. The number of aromatic nitrogens is 5. The molecule has 5 heterocycles. The van der Waals surface area contributed by atoms with Crippen LogP contribution in [0, 0.1) is 5.92 Å². The zero-order valence-electron chi connectivity index (χ0n) is 20.9. The van der Waals surface area contributed by atoms with E-state index < -0.39 is 0 Å². The number of nitrogens with zero attached hydrogens (tertiary/aromatic N) is 6. The minimum Gasteiger partial charge on any atom is -0.388 e. The molecule has 0 radical (unpaired) electrons. The average molecular weight is 491 g/mol. The van der Waals surface area contributed by atoms with E-state index in [4.69, 9.17) is 10.7 Å². The van der Waals surface area contributed by atoms with Gasteiger partial charge in [0.15, 0.2) is 0 Å². The third kappa shape index (κ3) is 3.79. The van der Waals surface area contributed by atoms with E-state index in [1.807, 2.05) is 25.2 Å². The van der Waals surface area contributed by atoms with Crippen LogP contribution in [0.25, 0.3) is 44.5 Å². The number of rotatable bonds is 6. The molecular weight excluding hydrogens is 460 g/mol. The number of hydrogen-bond acceptors (Lipinski definition) is 7. The van der Waals surface area contributed by atoms with Crippen LogP contribution in [0.3, 0.4) is 0 Å². The lowest BCUT2D eigenvalue weighted by atomic mass is 9.79. The van der Waals surface area contributed by atoms with Crippen molar-refractivity contribution in [3.8, 4) is 22.5 Å². The van der Waals surface area contributed by atoms with Crippen molar-refractivity contribution in [2.75, 3.05) is 37.7 Å². The second-order valence-corrected chi connectivity index (χ2v) is 10.3. The highest BCUT2D eigenvalue weighted by molar-refractivity contribution is 6.03. The number of likely N-dealkylation sites (tertiary alicyclic amines) is 1. The second-order valence-electron chi connectivity index (χ2n) is 10.3. The number of nitrogens with two attached hydrogens (primary N) is 1. The van der Waals surface area contributed by atoms with Crippen LogP contribution in [0.5, 0.6) is 0 Å². The summed E-state index contributed by atoms with van der Waals surface area (Å²) >= 11 is 0. The van der Waals surface area contributed by atoms with E-state index in [1.165, 1.54) is 38.9 Å². The molecule has 7 rings (SSSR count). The molecule has 4 aromatic heterocycles. The van der Waals surface area contributed by atoms with Gasteiger partial charge in [0.25, 0.3) is 0 Å². The van der Waals surface area contributed by atoms with Crippen LogP contribution in [-0.2, 0) is 0 Å². The molecule has 1 aromatic carbocycles. The van der Waals surface area contributed by atoms with E-state index >= 15 is 0 Å². The summed E-state index contributed by atoms with van der Waals surface area (Å²) in [6.45, 7) is 3.74. The number of hydrogen-bond donors (Lipinski definition) is 2. The Morgan fingerprint density at radius 2 is 1.92 bits per heavy atom. The number of benzene rings is 1. The molecule has 0 amide bonds. The van der Waals surface area contributed by atoms with Gasteiger partial charge in [0.1, 0.15) is 17.8 Å². The second kappa shape index (κ2) is 8.81. The molecule has 1 aliphatic carbocycles. The predicted molar refractivity (Wildman–Crippen MR) is 148 cm³/mol. The molecule has 2 aliphatic rings. The summed E-state index contributed by atoms with van der Waals surface area (Å²) in [5.74, 6) is 1.28. The van der Waals surface area contributed by atoms with Gasteiger partial charge in [0.2, 0.25) is 0 Å². The third-order valence-electron chi connectivity index (χ3n) is 8.03. The van der Waals surface area contributed by atoms with Crippen molar-refractivity contribution in [1.29, 1.82) is 0 Å². The zero-order chi connectivity index (χ0) is 24.9. The summed E-state index contributed by atoms with van der Waals surface area (Å²) < 4.78 is 2.33. The van der Waals surface area contributed by atoms with E-state index in [1.54, 1.807) is 12.5 Å². The maximum Gasteiger partial charge on any atom is 0.146 e. The van der Waals surface area contributed by atoms with Crippen molar-refractivity contribution >= 4 is 33.4 Å². The highest BCUT2D eigenvalue weighted by Crippen LogP contribution is 2.44. The summed E-state index contributed by atoms with van der Waals surface area (Å²) in [7, 11) is 1.93. The first kappa shape index (κ1) is 22.2. The molecule has 8 nitrogen and oxygen atoms in total. The Morgan fingerprint density at radius 3 is 2.68 bits per heavy atom. The predicted octanol–water partition coefficient (Wildman–Crippen LogP) is 4.99. The summed E-state index contributed by atoms with van der Waals surface area (Å²) in [5.41, 5.74) is 13.1. The fourth-order valence-electron chi connectivity index (χ4n) is 5.86. The smallest absolute Gasteiger partial charge is 0.146 e. The van der Waals surface area contributed by atoms with E-state index in [0.29, 0.717) is 11.9 Å². The fraction of sp³-hybridized carbons (Fsp3) is 0.310. The Kier molecular flexibility index (Phi) is 5.28. The largest absolute Gasteiger partial charge is 0.388 e. The monoisotopic (exact) mass is 490 g/mol. The van der Waals surface area contributed by atoms with Crippen LogP contribution >= 0.6 is 0 Å². The van der Waals surface area contributed by atoms with E-state index in [9.17, 15) is 0 Å². The van der Waals surface area contributed by atoms with Crippen molar-refractivity contribution in [2.45, 2.75) is 25.3 Å². The van der Waals surface area contributed by atoms with Gasteiger partial charge in [-0.2, -0.15) is 0 Å². The molecule has 0 unspecified atom stereocenters. The zero-order valence-corrected chi connectivity index (χ0v) is 20.9. The highest BCUT2D eigenvalue weighted by atomic mass is 15.2. The van der Waals surface area contributed by atoms with Crippen molar-refractivity contribution in [1.82, 2.24) is 29.4 Å². The number of anilines is 2. The summed E-state index contributed by atoms with van der Waals surface area (Å²) in [6.07, 6.45) is 9.31. The summed E-state index contributed by atoms with van der Waals surface area (Å²) in [5, 5.41) is 5.30. The van der Waals surface area contributed by atoms with Gasteiger partial charge in [-0.3, -0.25) is 4.98 Å². The van der Waals surface area contributed by atoms with Gasteiger partial charge in [-0.05, 0) is 68.1 Å². The van der Waals surface area contributed by atoms with Crippen molar-refractivity contribution in [3.63, 3.8) is 0 Å². The van der Waals surface area contributed by atoms with E-state index in [2.05, 4.69) is 60.2 Å². The maximum absolute atomic E-state index is 6.44. The van der Waals surface area contributed by atoms with Crippen LogP contribution < -0.4 is 11.1 Å². The van der Waals surface area contributed by atoms with Gasteiger partial charge in [0, 0.05) is 48.7 Å². The molecule has 0 atom stereocenters. The van der Waals surface area contributed by atoms with Crippen LogP contribution in [0.4, 0.5) is 11.5 Å². The quantitative estimate of drug-likeness (QED) is 0.346. The lowest BCUT2D eigenvalue weighted by Gasteiger charge is -2.42. The molecule has 1 aliphatic heterocycles. The van der Waals surface area contributed by atoms with Gasteiger partial charge in [-0.25, -0.2) is 15.0 Å². The number of nitrogens with one attached hydrogen (secondary N) is 1. The minimum atomic E-state index is 0.446. The molecule has 8 heteroatoms. The Bertz CT molecular complexity index is 1600. The Morgan fingerprint density at radius 1 is 1.03 bits per heavy atom. The van der Waals surface area contributed by atoms with Gasteiger partial charge in [-0.1, -0.05) is 18.2 Å². The van der Waals surface area contributed by atoms with Crippen LogP contribution in [0.1, 0.15) is 25.3 Å². The Hall–Kier alpha value is -4.04. The fourth-order valence-corrected chi connectivity index (χ4v) is 5.86. The van der Waals surface area contributed by atoms with E-state index in [-0.39, 0.29) is 0 Å². The van der Waals surface area contributed by atoms with Gasteiger partial charge in [0.05, 0.1) is 22.3 Å². The summed E-state index contributed by atoms with van der Waals surface area (Å²) in [6, 6.07) is 14.8. The molecule has 1 saturated heterocycles. The average Bonchev–Trinajstić information content (AvgIpc) is 3.27. The molecule has 3 N–H and O–H groups in total. The molecular formula is C29H30N8. The molecule has 0 spiro atoms.